The van der Waals surface area contributed by atoms with Gasteiger partial charge in [0, 0.05) is 32.5 Å². The van der Waals surface area contributed by atoms with Crippen LogP contribution in [0.5, 0.6) is 0 Å². The predicted molar refractivity (Wildman–Crippen MR) is 79.2 cm³/mol. The van der Waals surface area contributed by atoms with E-state index in [1.807, 2.05) is 0 Å². The zero-order valence-corrected chi connectivity index (χ0v) is 13.0. The van der Waals surface area contributed by atoms with E-state index in [1.165, 1.54) is 16.4 Å². The number of rotatable bonds is 4. The number of nitrogen functional groups attached to an aromatic ring is 1. The normalized spacial score (nSPS) is 18.3. The highest BCUT2D eigenvalue weighted by Crippen LogP contribution is 2.29. The molecule has 0 aromatic heterocycles. The van der Waals surface area contributed by atoms with E-state index in [0.29, 0.717) is 31.3 Å². The number of benzene rings is 1. The first-order valence-electron chi connectivity index (χ1n) is 6.49. The lowest BCUT2D eigenvalue weighted by molar-refractivity contribution is 0.121. The molecule has 1 saturated heterocycles. The lowest BCUT2D eigenvalue weighted by Crippen LogP contribution is -2.39. The van der Waals surface area contributed by atoms with Crippen molar-refractivity contribution in [1.29, 1.82) is 0 Å². The monoisotopic (exact) mass is 318 g/mol. The molecule has 0 radical (unpaired) electrons. The summed E-state index contributed by atoms with van der Waals surface area (Å²) in [5, 5.41) is 0.170. The van der Waals surface area contributed by atoms with Crippen LogP contribution in [0.3, 0.4) is 0 Å². The summed E-state index contributed by atoms with van der Waals surface area (Å²) in [6.45, 7) is 1.67. The van der Waals surface area contributed by atoms with E-state index in [4.69, 9.17) is 22.1 Å². The minimum Gasteiger partial charge on any atom is -0.399 e. The Morgan fingerprint density at radius 3 is 2.60 bits per heavy atom. The van der Waals surface area contributed by atoms with E-state index in [9.17, 15) is 8.42 Å². The SMILES string of the molecule is COCC1CCN(S(=O)(=O)c2ccc(N)cc2Cl)CC1. The average molecular weight is 319 g/mol. The first kappa shape index (κ1) is 15.6. The van der Waals surface area contributed by atoms with Crippen LogP contribution in [0.4, 0.5) is 5.69 Å². The summed E-state index contributed by atoms with van der Waals surface area (Å²) < 4.78 is 31.7. The van der Waals surface area contributed by atoms with Gasteiger partial charge in [-0.2, -0.15) is 4.31 Å². The second kappa shape index (κ2) is 6.30. The molecule has 1 aliphatic heterocycles. The van der Waals surface area contributed by atoms with Crippen molar-refractivity contribution in [3.63, 3.8) is 0 Å². The van der Waals surface area contributed by atoms with Gasteiger partial charge < -0.3 is 10.5 Å². The predicted octanol–water partition coefficient (Wildman–Crippen LogP) is 1.97. The third-order valence-corrected chi connectivity index (χ3v) is 5.93. The van der Waals surface area contributed by atoms with E-state index < -0.39 is 10.0 Å². The Kier molecular flexibility index (Phi) is 4.90. The standard InChI is InChI=1S/C13H19ClN2O3S/c1-19-9-10-4-6-16(7-5-10)20(17,18)13-3-2-11(15)8-12(13)14/h2-3,8,10H,4-7,9,15H2,1H3. The van der Waals surface area contributed by atoms with Crippen LogP contribution in [0.2, 0.25) is 5.02 Å². The summed E-state index contributed by atoms with van der Waals surface area (Å²) in [5.41, 5.74) is 6.05. The highest BCUT2D eigenvalue weighted by Gasteiger charge is 2.30. The summed E-state index contributed by atoms with van der Waals surface area (Å²) in [5.74, 6) is 0.424. The molecule has 2 N–H and O–H groups in total. The van der Waals surface area contributed by atoms with Crippen LogP contribution in [0.1, 0.15) is 12.8 Å². The van der Waals surface area contributed by atoms with Crippen LogP contribution in [-0.2, 0) is 14.8 Å². The molecule has 0 aliphatic carbocycles. The topological polar surface area (TPSA) is 72.6 Å². The van der Waals surface area contributed by atoms with Gasteiger partial charge in [0.1, 0.15) is 4.90 Å². The smallest absolute Gasteiger partial charge is 0.244 e. The fraction of sp³-hybridized carbons (Fsp3) is 0.538. The van der Waals surface area contributed by atoms with E-state index in [1.54, 1.807) is 13.2 Å². The quantitative estimate of drug-likeness (QED) is 0.861. The van der Waals surface area contributed by atoms with Crippen molar-refractivity contribution >= 4 is 27.3 Å². The molecule has 0 spiro atoms. The summed E-state index contributed by atoms with van der Waals surface area (Å²) in [6, 6.07) is 4.48. The fourth-order valence-corrected chi connectivity index (χ4v) is 4.41. The first-order chi connectivity index (χ1) is 9.45. The zero-order chi connectivity index (χ0) is 14.8. The van der Waals surface area contributed by atoms with Crippen molar-refractivity contribution in [2.45, 2.75) is 17.7 Å². The summed E-state index contributed by atoms with van der Waals surface area (Å²) in [6.07, 6.45) is 1.61. The van der Waals surface area contributed by atoms with Crippen LogP contribution in [0, 0.1) is 5.92 Å². The Bertz CT molecular complexity index is 569. The van der Waals surface area contributed by atoms with Gasteiger partial charge in [-0.15, -0.1) is 0 Å². The number of hydrogen-bond acceptors (Lipinski definition) is 4. The number of ether oxygens (including phenoxy) is 1. The minimum atomic E-state index is -3.54. The molecule has 1 aliphatic rings. The van der Waals surface area contributed by atoms with Crippen molar-refractivity contribution in [2.75, 3.05) is 32.5 Å². The number of nitrogens with two attached hydrogens (primary N) is 1. The zero-order valence-electron chi connectivity index (χ0n) is 11.4. The van der Waals surface area contributed by atoms with Crippen molar-refractivity contribution < 1.29 is 13.2 Å². The number of halogens is 1. The number of piperidine rings is 1. The van der Waals surface area contributed by atoms with E-state index in [2.05, 4.69) is 0 Å². The molecular weight excluding hydrogens is 300 g/mol. The Hall–Kier alpha value is -0.820. The van der Waals surface area contributed by atoms with Crippen LogP contribution in [-0.4, -0.2) is 39.5 Å². The summed E-state index contributed by atoms with van der Waals surface area (Å²) in [7, 11) is -1.88. The number of methoxy groups -OCH3 is 1. The Morgan fingerprint density at radius 1 is 1.40 bits per heavy atom. The molecular formula is C13H19ClN2O3S. The first-order valence-corrected chi connectivity index (χ1v) is 8.31. The van der Waals surface area contributed by atoms with Gasteiger partial charge in [-0.1, -0.05) is 11.6 Å². The molecule has 0 bridgehead atoms. The molecule has 7 heteroatoms. The number of hydrogen-bond donors (Lipinski definition) is 1. The molecule has 1 aromatic carbocycles. The molecule has 112 valence electrons. The van der Waals surface area contributed by atoms with Gasteiger partial charge in [-0.05, 0) is 37.0 Å². The molecule has 5 nitrogen and oxygen atoms in total. The van der Waals surface area contributed by atoms with Crippen molar-refractivity contribution in [3.05, 3.63) is 23.2 Å². The maximum atomic E-state index is 12.6. The highest BCUT2D eigenvalue weighted by molar-refractivity contribution is 7.89. The maximum Gasteiger partial charge on any atom is 0.244 e. The molecule has 1 fully saturated rings. The minimum absolute atomic E-state index is 0.124. The van der Waals surface area contributed by atoms with Gasteiger partial charge in [0.2, 0.25) is 10.0 Å². The second-order valence-corrected chi connectivity index (χ2v) is 7.31. The lowest BCUT2D eigenvalue weighted by Gasteiger charge is -2.31. The molecule has 20 heavy (non-hydrogen) atoms. The van der Waals surface area contributed by atoms with Gasteiger partial charge in [0.15, 0.2) is 0 Å². The van der Waals surface area contributed by atoms with Gasteiger partial charge in [-0.25, -0.2) is 8.42 Å². The number of sulfonamides is 1. The van der Waals surface area contributed by atoms with Crippen LogP contribution in [0.15, 0.2) is 23.1 Å². The summed E-state index contributed by atoms with van der Waals surface area (Å²) in [4.78, 5) is 0.124. The maximum absolute atomic E-state index is 12.6. The van der Waals surface area contributed by atoms with Gasteiger partial charge in [-0.3, -0.25) is 0 Å². The van der Waals surface area contributed by atoms with Crippen molar-refractivity contribution in [3.8, 4) is 0 Å². The molecule has 0 saturated carbocycles. The van der Waals surface area contributed by atoms with E-state index >= 15 is 0 Å². The lowest BCUT2D eigenvalue weighted by atomic mass is 9.99. The van der Waals surface area contributed by atoms with Gasteiger partial charge >= 0.3 is 0 Å². The Labute approximate surface area is 124 Å². The average Bonchev–Trinajstić information content (AvgIpc) is 2.39. The van der Waals surface area contributed by atoms with Crippen molar-refractivity contribution in [2.24, 2.45) is 5.92 Å². The van der Waals surface area contributed by atoms with Crippen LogP contribution < -0.4 is 5.73 Å². The Morgan fingerprint density at radius 2 is 2.05 bits per heavy atom. The van der Waals surface area contributed by atoms with Gasteiger partial charge in [0.25, 0.3) is 0 Å². The Balaban J connectivity index is 2.15. The molecule has 0 unspecified atom stereocenters. The highest BCUT2D eigenvalue weighted by atomic mass is 35.5. The third kappa shape index (κ3) is 3.25. The molecule has 0 amide bonds. The van der Waals surface area contributed by atoms with Crippen LogP contribution >= 0.6 is 11.6 Å². The van der Waals surface area contributed by atoms with E-state index in [-0.39, 0.29) is 9.92 Å². The number of nitrogens with zero attached hydrogens (tertiary/aromatic N) is 1. The second-order valence-electron chi connectivity index (χ2n) is 4.99. The summed E-state index contributed by atoms with van der Waals surface area (Å²) >= 11 is 6.01. The number of anilines is 1. The molecule has 0 atom stereocenters. The van der Waals surface area contributed by atoms with Crippen LogP contribution in [0.25, 0.3) is 0 Å². The third-order valence-electron chi connectivity index (χ3n) is 3.55. The van der Waals surface area contributed by atoms with E-state index in [0.717, 1.165) is 12.8 Å². The largest absolute Gasteiger partial charge is 0.399 e. The van der Waals surface area contributed by atoms with Gasteiger partial charge in [0.05, 0.1) is 5.02 Å². The molecule has 2 rings (SSSR count). The molecule has 1 heterocycles. The molecule has 1 aromatic rings. The fourth-order valence-electron chi connectivity index (χ4n) is 2.42. The van der Waals surface area contributed by atoms with Crippen molar-refractivity contribution in [1.82, 2.24) is 4.31 Å².